The van der Waals surface area contributed by atoms with Gasteiger partial charge in [0.1, 0.15) is 0 Å². The third-order valence-electron chi connectivity index (χ3n) is 7.18. The molecule has 2 fully saturated rings. The van der Waals surface area contributed by atoms with E-state index in [0.29, 0.717) is 18.5 Å². The molecule has 0 aromatic carbocycles. The molecule has 2 aliphatic carbocycles. The highest BCUT2D eigenvalue weighted by molar-refractivity contribution is 5.84. The van der Waals surface area contributed by atoms with E-state index in [1.165, 1.54) is 12.8 Å². The van der Waals surface area contributed by atoms with Crippen molar-refractivity contribution in [2.45, 2.75) is 76.1 Å². The Balaban J connectivity index is 1.25. The number of aliphatic hydroxyl groups excluding tert-OH is 1. The van der Waals surface area contributed by atoms with Crippen molar-refractivity contribution in [2.24, 2.45) is 0 Å². The van der Waals surface area contributed by atoms with Crippen molar-refractivity contribution in [3.63, 3.8) is 0 Å². The zero-order valence-electron chi connectivity index (χ0n) is 19.7. The average Bonchev–Trinajstić information content (AvgIpc) is 3.66. The van der Waals surface area contributed by atoms with E-state index in [4.69, 9.17) is 15.0 Å². The fourth-order valence-corrected chi connectivity index (χ4v) is 5.20. The fraction of sp³-hybridized carbons (Fsp3) is 0.480. The number of nitrogens with one attached hydrogen (secondary N) is 2. The highest BCUT2D eigenvalue weighted by Gasteiger charge is 2.24. The highest BCUT2D eigenvalue weighted by Crippen LogP contribution is 2.33. The molecule has 2 aliphatic rings. The summed E-state index contributed by atoms with van der Waals surface area (Å²) in [4.78, 5) is 19.0. The minimum atomic E-state index is -0.189. The Morgan fingerprint density at radius 3 is 2.60 bits per heavy atom. The van der Waals surface area contributed by atoms with Crippen molar-refractivity contribution in [3.8, 4) is 5.82 Å². The van der Waals surface area contributed by atoms with E-state index in [-0.39, 0.29) is 12.1 Å². The molecule has 10 nitrogen and oxygen atoms in total. The van der Waals surface area contributed by atoms with E-state index in [1.54, 1.807) is 10.9 Å². The Bertz CT molecular complexity index is 1250. The van der Waals surface area contributed by atoms with Crippen molar-refractivity contribution in [3.05, 3.63) is 48.7 Å². The molecule has 0 aliphatic heterocycles. The summed E-state index contributed by atoms with van der Waals surface area (Å²) < 4.78 is 3.97. The monoisotopic (exact) mass is 473 g/mol. The van der Waals surface area contributed by atoms with Crippen LogP contribution in [0.3, 0.4) is 0 Å². The lowest BCUT2D eigenvalue weighted by Crippen LogP contribution is -2.29. The molecule has 4 heterocycles. The van der Waals surface area contributed by atoms with Crippen LogP contribution in [0.5, 0.6) is 0 Å². The molecule has 35 heavy (non-hydrogen) atoms. The predicted octanol–water partition coefficient (Wildman–Crippen LogP) is 3.85. The number of hydrogen-bond acceptors (Lipinski definition) is 8. The van der Waals surface area contributed by atoms with Gasteiger partial charge in [-0.15, -0.1) is 0 Å². The van der Waals surface area contributed by atoms with E-state index in [1.807, 2.05) is 36.9 Å². The van der Waals surface area contributed by atoms with Crippen LogP contribution in [0.2, 0.25) is 0 Å². The van der Waals surface area contributed by atoms with Crippen LogP contribution in [0, 0.1) is 0 Å². The highest BCUT2D eigenvalue weighted by atomic mass is 16.3. The Hall–Kier alpha value is -3.53. The standard InChI is InChI=1S/C25H31N9O/c35-20-9-7-18(8-10-20)30-25-31-23(22-24(32-25)33(16-28-22)19-4-1-2-5-19)27-15-17-6-11-21(26-14-17)34-13-3-12-29-34/h3,6,11-14,16,18-20,35H,1-2,4-5,7-10,15H2,(H2,27,30,31,32). The van der Waals surface area contributed by atoms with Crippen LogP contribution in [-0.4, -0.2) is 51.5 Å². The Labute approximate surface area is 203 Å². The smallest absolute Gasteiger partial charge is 0.227 e. The first-order valence-electron chi connectivity index (χ1n) is 12.6. The van der Waals surface area contributed by atoms with Crippen LogP contribution >= 0.6 is 0 Å². The molecule has 0 radical (unpaired) electrons. The molecule has 0 unspecified atom stereocenters. The number of imidazole rings is 1. The van der Waals surface area contributed by atoms with Gasteiger partial charge in [0, 0.05) is 37.2 Å². The maximum atomic E-state index is 9.87. The number of aromatic nitrogens is 7. The van der Waals surface area contributed by atoms with Crippen LogP contribution in [0.4, 0.5) is 11.8 Å². The van der Waals surface area contributed by atoms with Gasteiger partial charge >= 0.3 is 0 Å². The van der Waals surface area contributed by atoms with Crippen molar-refractivity contribution in [1.29, 1.82) is 0 Å². The number of aliphatic hydroxyl groups is 1. The zero-order valence-corrected chi connectivity index (χ0v) is 19.7. The normalized spacial score (nSPS) is 20.9. The van der Waals surface area contributed by atoms with Crippen molar-refractivity contribution < 1.29 is 5.11 Å². The molecule has 0 amide bonds. The van der Waals surface area contributed by atoms with Gasteiger partial charge in [0.25, 0.3) is 0 Å². The summed E-state index contributed by atoms with van der Waals surface area (Å²) in [5, 5.41) is 21.1. The zero-order chi connectivity index (χ0) is 23.6. The molecule has 6 rings (SSSR count). The van der Waals surface area contributed by atoms with Gasteiger partial charge in [0.05, 0.1) is 12.4 Å². The number of nitrogens with zero attached hydrogens (tertiary/aromatic N) is 7. The SMILES string of the molecule is OC1CCC(Nc2nc(NCc3ccc(-n4cccn4)nc3)c3ncn(C4CCCC4)c3n2)CC1. The Kier molecular flexibility index (Phi) is 6.03. The molecular formula is C25H31N9O. The van der Waals surface area contributed by atoms with Gasteiger partial charge in [-0.3, -0.25) is 0 Å². The van der Waals surface area contributed by atoms with E-state index in [9.17, 15) is 5.11 Å². The molecule has 182 valence electrons. The summed E-state index contributed by atoms with van der Waals surface area (Å²) in [5.41, 5.74) is 2.71. The summed E-state index contributed by atoms with van der Waals surface area (Å²) in [5.74, 6) is 2.12. The molecule has 0 spiro atoms. The molecule has 10 heteroatoms. The van der Waals surface area contributed by atoms with Crippen molar-refractivity contribution in [1.82, 2.24) is 34.3 Å². The lowest BCUT2D eigenvalue weighted by Gasteiger charge is -2.26. The summed E-state index contributed by atoms with van der Waals surface area (Å²) in [6, 6.07) is 6.59. The fourth-order valence-electron chi connectivity index (χ4n) is 5.20. The van der Waals surface area contributed by atoms with Crippen molar-refractivity contribution >= 4 is 22.9 Å². The molecule has 3 N–H and O–H groups in total. The third-order valence-corrected chi connectivity index (χ3v) is 7.18. The lowest BCUT2D eigenvalue weighted by atomic mass is 9.93. The summed E-state index contributed by atoms with van der Waals surface area (Å²) in [6.45, 7) is 0.573. The molecular weight excluding hydrogens is 442 g/mol. The summed E-state index contributed by atoms with van der Waals surface area (Å²) in [6.07, 6.45) is 15.5. The van der Waals surface area contributed by atoms with E-state index in [2.05, 4.69) is 25.3 Å². The van der Waals surface area contributed by atoms with Gasteiger partial charge in [0.2, 0.25) is 5.95 Å². The second kappa shape index (κ2) is 9.61. The van der Waals surface area contributed by atoms with Gasteiger partial charge < -0.3 is 20.3 Å². The number of anilines is 2. The average molecular weight is 474 g/mol. The van der Waals surface area contributed by atoms with Gasteiger partial charge in [0.15, 0.2) is 22.8 Å². The van der Waals surface area contributed by atoms with Crippen LogP contribution in [-0.2, 0) is 6.54 Å². The van der Waals surface area contributed by atoms with E-state index < -0.39 is 0 Å². The van der Waals surface area contributed by atoms with Gasteiger partial charge in [-0.25, -0.2) is 14.6 Å². The molecule has 2 saturated carbocycles. The maximum absolute atomic E-state index is 9.87. The van der Waals surface area contributed by atoms with Crippen LogP contribution in [0.1, 0.15) is 63.0 Å². The second-order valence-corrected chi connectivity index (χ2v) is 9.64. The van der Waals surface area contributed by atoms with Crippen LogP contribution < -0.4 is 10.6 Å². The van der Waals surface area contributed by atoms with Gasteiger partial charge in [-0.2, -0.15) is 15.1 Å². The van der Waals surface area contributed by atoms with Crippen molar-refractivity contribution in [2.75, 3.05) is 10.6 Å². The number of pyridine rings is 1. The molecule has 0 saturated heterocycles. The first-order valence-corrected chi connectivity index (χ1v) is 12.6. The third kappa shape index (κ3) is 4.70. The first-order chi connectivity index (χ1) is 17.2. The maximum Gasteiger partial charge on any atom is 0.227 e. The van der Waals surface area contributed by atoms with E-state index >= 15 is 0 Å². The topological polar surface area (TPSA) is 119 Å². The summed E-state index contributed by atoms with van der Waals surface area (Å²) >= 11 is 0. The first kappa shape index (κ1) is 22.0. The largest absolute Gasteiger partial charge is 0.393 e. The van der Waals surface area contributed by atoms with Gasteiger partial charge in [-0.05, 0) is 56.2 Å². The number of rotatable bonds is 7. The minimum absolute atomic E-state index is 0.189. The van der Waals surface area contributed by atoms with Gasteiger partial charge in [-0.1, -0.05) is 18.9 Å². The Morgan fingerprint density at radius 1 is 1.00 bits per heavy atom. The number of fused-ring (bicyclic) bond motifs is 1. The second-order valence-electron chi connectivity index (χ2n) is 9.64. The van der Waals surface area contributed by atoms with E-state index in [0.717, 1.165) is 66.9 Å². The lowest BCUT2D eigenvalue weighted by molar-refractivity contribution is 0.126. The molecule has 0 bridgehead atoms. The quantitative estimate of drug-likeness (QED) is 0.370. The predicted molar refractivity (Wildman–Crippen MR) is 133 cm³/mol. The summed E-state index contributed by atoms with van der Waals surface area (Å²) in [7, 11) is 0. The molecule has 4 aromatic rings. The Morgan fingerprint density at radius 2 is 1.86 bits per heavy atom. The number of hydrogen-bond donors (Lipinski definition) is 3. The van der Waals surface area contributed by atoms with Crippen LogP contribution in [0.25, 0.3) is 17.0 Å². The molecule has 0 atom stereocenters. The minimum Gasteiger partial charge on any atom is -0.393 e. The van der Waals surface area contributed by atoms with Crippen LogP contribution in [0.15, 0.2) is 43.1 Å². The molecule has 4 aromatic heterocycles.